The first-order valence-electron chi connectivity index (χ1n) is 10.9. The zero-order chi connectivity index (χ0) is 23.8. The highest BCUT2D eigenvalue weighted by atomic mass is 32.2. The van der Waals surface area contributed by atoms with Crippen molar-refractivity contribution in [1.82, 2.24) is 14.5 Å². The van der Waals surface area contributed by atoms with Gasteiger partial charge in [0.2, 0.25) is 0 Å². The molecule has 3 rings (SSSR count). The average Bonchev–Trinajstić information content (AvgIpc) is 2.82. The molecule has 1 heterocycles. The van der Waals surface area contributed by atoms with E-state index in [0.717, 1.165) is 31.6 Å². The van der Waals surface area contributed by atoms with E-state index in [-0.39, 0.29) is 17.1 Å². The molecule has 0 N–H and O–H groups in total. The molecule has 0 spiro atoms. The van der Waals surface area contributed by atoms with Gasteiger partial charge in [-0.1, -0.05) is 43.8 Å². The number of rotatable bonds is 12. The quantitative estimate of drug-likeness (QED) is 0.269. The fraction of sp³-hybridized carbons (Fsp3) is 0.417. The van der Waals surface area contributed by atoms with Gasteiger partial charge in [0.1, 0.15) is 0 Å². The van der Waals surface area contributed by atoms with Crippen molar-refractivity contribution in [2.45, 2.75) is 44.3 Å². The number of ether oxygens (including phenoxy) is 2. The molecule has 3 aromatic rings. The van der Waals surface area contributed by atoms with E-state index < -0.39 is 6.61 Å². The molecule has 33 heavy (non-hydrogen) atoms. The van der Waals surface area contributed by atoms with Crippen molar-refractivity contribution in [1.29, 1.82) is 0 Å². The highest BCUT2D eigenvalue weighted by Gasteiger charge is 2.14. The SMILES string of the molecule is CCN(CC)CCCn1c(SCc2ccc(OC(F)F)c(OC)c2)nc2ccccc2c1=O. The number of thioether (sulfide) groups is 1. The van der Waals surface area contributed by atoms with Crippen molar-refractivity contribution in [2.75, 3.05) is 26.7 Å². The topological polar surface area (TPSA) is 56.6 Å². The van der Waals surface area contributed by atoms with Crippen molar-refractivity contribution in [3.05, 3.63) is 58.4 Å². The van der Waals surface area contributed by atoms with Crippen molar-refractivity contribution in [3.63, 3.8) is 0 Å². The van der Waals surface area contributed by atoms with Crippen LogP contribution in [0.2, 0.25) is 0 Å². The molecule has 0 amide bonds. The monoisotopic (exact) mass is 477 g/mol. The van der Waals surface area contributed by atoms with Gasteiger partial charge >= 0.3 is 6.61 Å². The lowest BCUT2D eigenvalue weighted by atomic mass is 10.2. The number of halogens is 2. The van der Waals surface area contributed by atoms with Crippen LogP contribution in [0.5, 0.6) is 11.5 Å². The van der Waals surface area contributed by atoms with Gasteiger partial charge < -0.3 is 14.4 Å². The maximum Gasteiger partial charge on any atom is 0.387 e. The van der Waals surface area contributed by atoms with Gasteiger partial charge in [0.05, 0.1) is 18.0 Å². The number of aromatic nitrogens is 2. The van der Waals surface area contributed by atoms with Crippen LogP contribution in [0.15, 0.2) is 52.4 Å². The third-order valence-corrected chi connectivity index (χ3v) is 6.44. The molecular formula is C24H29F2N3O3S. The van der Waals surface area contributed by atoms with Crippen LogP contribution in [0.4, 0.5) is 8.78 Å². The molecule has 6 nitrogen and oxygen atoms in total. The van der Waals surface area contributed by atoms with Crippen LogP contribution < -0.4 is 15.0 Å². The molecular weight excluding hydrogens is 448 g/mol. The number of nitrogens with zero attached hydrogens (tertiary/aromatic N) is 3. The molecule has 1 aromatic heterocycles. The smallest absolute Gasteiger partial charge is 0.387 e. The Balaban J connectivity index is 1.84. The average molecular weight is 478 g/mol. The van der Waals surface area contributed by atoms with E-state index >= 15 is 0 Å². The largest absolute Gasteiger partial charge is 0.493 e. The van der Waals surface area contributed by atoms with Gasteiger partial charge in [0, 0.05) is 12.3 Å². The Labute approximate surface area is 196 Å². The summed E-state index contributed by atoms with van der Waals surface area (Å²) >= 11 is 1.43. The van der Waals surface area contributed by atoms with Crippen LogP contribution in [-0.2, 0) is 12.3 Å². The lowest BCUT2D eigenvalue weighted by Gasteiger charge is -2.19. The Morgan fingerprint density at radius 2 is 1.88 bits per heavy atom. The summed E-state index contributed by atoms with van der Waals surface area (Å²) in [6.07, 6.45) is 0.836. The van der Waals surface area contributed by atoms with Crippen LogP contribution >= 0.6 is 11.8 Å². The summed E-state index contributed by atoms with van der Waals surface area (Å²) in [5.74, 6) is 0.710. The fourth-order valence-electron chi connectivity index (χ4n) is 3.59. The van der Waals surface area contributed by atoms with Crippen LogP contribution in [-0.4, -0.2) is 47.8 Å². The Hall–Kier alpha value is -2.65. The zero-order valence-corrected chi connectivity index (χ0v) is 19.9. The third kappa shape index (κ3) is 6.45. The number of methoxy groups -OCH3 is 1. The van der Waals surface area contributed by atoms with Gasteiger partial charge in [0.15, 0.2) is 16.7 Å². The second-order valence-electron chi connectivity index (χ2n) is 7.40. The van der Waals surface area contributed by atoms with Gasteiger partial charge in [-0.2, -0.15) is 8.78 Å². The molecule has 0 aliphatic heterocycles. The number of para-hydroxylation sites is 1. The fourth-order valence-corrected chi connectivity index (χ4v) is 4.56. The van der Waals surface area contributed by atoms with E-state index in [1.807, 2.05) is 18.2 Å². The highest BCUT2D eigenvalue weighted by molar-refractivity contribution is 7.98. The molecule has 0 radical (unpaired) electrons. The molecule has 0 saturated carbocycles. The van der Waals surface area contributed by atoms with Crippen molar-refractivity contribution in [2.24, 2.45) is 0 Å². The van der Waals surface area contributed by atoms with Crippen molar-refractivity contribution < 1.29 is 18.3 Å². The molecule has 178 valence electrons. The van der Waals surface area contributed by atoms with Crippen LogP contribution in [0.1, 0.15) is 25.8 Å². The van der Waals surface area contributed by atoms with Gasteiger partial charge in [-0.05, 0) is 55.9 Å². The summed E-state index contributed by atoms with van der Waals surface area (Å²) in [5, 5.41) is 1.23. The van der Waals surface area contributed by atoms with E-state index in [2.05, 4.69) is 23.5 Å². The van der Waals surface area contributed by atoms with E-state index in [9.17, 15) is 13.6 Å². The predicted octanol–water partition coefficient (Wildman–Crippen LogP) is 5.03. The highest BCUT2D eigenvalue weighted by Crippen LogP contribution is 2.32. The summed E-state index contributed by atoms with van der Waals surface area (Å²) in [4.78, 5) is 20.3. The first-order valence-corrected chi connectivity index (χ1v) is 11.9. The number of hydrogen-bond donors (Lipinski definition) is 0. The maximum absolute atomic E-state index is 13.2. The first kappa shape index (κ1) is 25.0. The van der Waals surface area contributed by atoms with Crippen LogP contribution in [0.25, 0.3) is 10.9 Å². The molecule has 0 atom stereocenters. The summed E-state index contributed by atoms with van der Waals surface area (Å²) in [5.41, 5.74) is 1.44. The lowest BCUT2D eigenvalue weighted by molar-refractivity contribution is -0.0512. The second-order valence-corrected chi connectivity index (χ2v) is 8.34. The summed E-state index contributed by atoms with van der Waals surface area (Å²) in [6.45, 7) is 4.73. The lowest BCUT2D eigenvalue weighted by Crippen LogP contribution is -2.28. The molecule has 0 bridgehead atoms. The first-order chi connectivity index (χ1) is 16.0. The minimum atomic E-state index is -2.92. The molecule has 2 aromatic carbocycles. The van der Waals surface area contributed by atoms with Gasteiger partial charge in [-0.3, -0.25) is 9.36 Å². The standard InChI is InChI=1S/C24H29F2N3O3S/c1-4-28(5-2)13-8-14-29-22(30)18-9-6-7-10-19(18)27-24(29)33-16-17-11-12-20(32-23(25)26)21(15-17)31-3/h6-7,9-12,15,23H,4-5,8,13-14,16H2,1-3H3. The zero-order valence-electron chi connectivity index (χ0n) is 19.1. The second kappa shape index (κ2) is 12.0. The summed E-state index contributed by atoms with van der Waals surface area (Å²) in [7, 11) is 1.41. The Bertz CT molecular complexity index is 1120. The Kier molecular flexibility index (Phi) is 9.08. The number of fused-ring (bicyclic) bond motifs is 1. The minimum Gasteiger partial charge on any atom is -0.493 e. The van der Waals surface area contributed by atoms with Crippen molar-refractivity contribution >= 4 is 22.7 Å². The van der Waals surface area contributed by atoms with Gasteiger partial charge in [-0.15, -0.1) is 0 Å². The van der Waals surface area contributed by atoms with Gasteiger partial charge in [-0.25, -0.2) is 4.98 Å². The van der Waals surface area contributed by atoms with Gasteiger partial charge in [0.25, 0.3) is 5.56 Å². The van der Waals surface area contributed by atoms with E-state index in [4.69, 9.17) is 9.72 Å². The van der Waals surface area contributed by atoms with Crippen LogP contribution in [0, 0.1) is 0 Å². The number of benzene rings is 2. The van der Waals surface area contributed by atoms with E-state index in [1.165, 1.54) is 24.9 Å². The predicted molar refractivity (Wildman–Crippen MR) is 128 cm³/mol. The normalized spacial score (nSPS) is 11.5. The number of hydrogen-bond acceptors (Lipinski definition) is 6. The summed E-state index contributed by atoms with van der Waals surface area (Å²) in [6, 6.07) is 12.2. The van der Waals surface area contributed by atoms with E-state index in [0.29, 0.717) is 28.4 Å². The molecule has 9 heteroatoms. The number of alkyl halides is 2. The Morgan fingerprint density at radius 1 is 1.12 bits per heavy atom. The molecule has 0 aliphatic rings. The summed E-state index contributed by atoms with van der Waals surface area (Å²) < 4.78 is 36.6. The minimum absolute atomic E-state index is 0.0154. The molecule has 0 saturated heterocycles. The van der Waals surface area contributed by atoms with E-state index in [1.54, 1.807) is 22.8 Å². The molecule has 0 unspecified atom stereocenters. The maximum atomic E-state index is 13.2. The Morgan fingerprint density at radius 3 is 2.58 bits per heavy atom. The molecule has 0 fully saturated rings. The van der Waals surface area contributed by atoms with Crippen LogP contribution in [0.3, 0.4) is 0 Å². The van der Waals surface area contributed by atoms with Crippen molar-refractivity contribution in [3.8, 4) is 11.5 Å². The third-order valence-electron chi connectivity index (χ3n) is 5.39. The molecule has 0 aliphatic carbocycles.